The van der Waals surface area contributed by atoms with Crippen molar-refractivity contribution in [1.82, 2.24) is 9.71 Å². The highest BCUT2D eigenvalue weighted by Gasteiger charge is 2.09. The Morgan fingerprint density at radius 3 is 2.86 bits per heavy atom. The molecular formula is C7H11BrN2O3S. The van der Waals surface area contributed by atoms with Crippen LogP contribution >= 0.6 is 15.9 Å². The van der Waals surface area contributed by atoms with E-state index in [2.05, 4.69) is 25.6 Å². The second-order valence-electron chi connectivity index (χ2n) is 2.62. The maximum Gasteiger partial charge on any atom is 0.222 e. The van der Waals surface area contributed by atoms with Gasteiger partial charge in [0.25, 0.3) is 0 Å². The number of hydrogen-bond acceptors (Lipinski definition) is 4. The fraction of sp³-hybridized carbons (Fsp3) is 0.571. The Morgan fingerprint density at radius 1 is 1.64 bits per heavy atom. The normalized spacial score (nSPS) is 11.9. The fourth-order valence-electron chi connectivity index (χ4n) is 0.803. The zero-order chi connectivity index (χ0) is 10.6. The summed E-state index contributed by atoms with van der Waals surface area (Å²) in [5.74, 6) is 1.13. The molecule has 14 heavy (non-hydrogen) atoms. The van der Waals surface area contributed by atoms with Gasteiger partial charge in [0.2, 0.25) is 15.9 Å². The van der Waals surface area contributed by atoms with Gasteiger partial charge < -0.3 is 4.42 Å². The van der Waals surface area contributed by atoms with Gasteiger partial charge in [0, 0.05) is 6.42 Å². The molecule has 0 unspecified atom stereocenters. The molecule has 0 aliphatic carbocycles. The molecule has 1 N–H and O–H groups in total. The number of nitrogens with zero attached hydrogens (tertiary/aromatic N) is 1. The number of aryl methyl sites for hydroxylation is 1. The summed E-state index contributed by atoms with van der Waals surface area (Å²) in [6, 6.07) is 0. The fourth-order valence-corrected chi connectivity index (χ4v) is 1.71. The zero-order valence-electron chi connectivity index (χ0n) is 7.66. The highest BCUT2D eigenvalue weighted by Crippen LogP contribution is 2.04. The van der Waals surface area contributed by atoms with E-state index in [9.17, 15) is 8.42 Å². The van der Waals surface area contributed by atoms with Crippen molar-refractivity contribution in [2.45, 2.75) is 19.9 Å². The Hall–Kier alpha value is -0.400. The molecule has 0 saturated heterocycles. The molecule has 0 aliphatic heterocycles. The molecule has 0 amide bonds. The molecule has 0 radical (unpaired) electrons. The Morgan fingerprint density at radius 2 is 2.36 bits per heavy atom. The monoisotopic (exact) mass is 282 g/mol. The van der Waals surface area contributed by atoms with E-state index >= 15 is 0 Å². The van der Waals surface area contributed by atoms with Crippen molar-refractivity contribution >= 4 is 26.0 Å². The van der Waals surface area contributed by atoms with Crippen LogP contribution < -0.4 is 4.72 Å². The molecule has 5 nitrogen and oxygen atoms in total. The molecule has 0 saturated carbocycles. The zero-order valence-corrected chi connectivity index (χ0v) is 10.1. The summed E-state index contributed by atoms with van der Waals surface area (Å²) in [6.45, 7) is 2.03. The van der Waals surface area contributed by atoms with Gasteiger partial charge in [-0.05, 0) is 0 Å². The lowest BCUT2D eigenvalue weighted by Crippen LogP contribution is -2.23. The van der Waals surface area contributed by atoms with Gasteiger partial charge >= 0.3 is 0 Å². The summed E-state index contributed by atoms with van der Waals surface area (Å²) < 4.78 is 29.5. The summed E-state index contributed by atoms with van der Waals surface area (Å²) in [7, 11) is -3.25. The molecule has 0 aromatic carbocycles. The first-order valence-corrected chi connectivity index (χ1v) is 6.81. The number of halogens is 1. The third kappa shape index (κ3) is 3.39. The first-order chi connectivity index (χ1) is 6.57. The minimum absolute atomic E-state index is 0.0912. The SMILES string of the molecule is CCc1cnc(CNS(=O)(=O)CBr)o1. The molecule has 80 valence electrons. The molecular weight excluding hydrogens is 272 g/mol. The van der Waals surface area contributed by atoms with Crippen LogP contribution in [-0.4, -0.2) is 18.1 Å². The second-order valence-corrected chi connectivity index (χ2v) is 5.73. The van der Waals surface area contributed by atoms with E-state index in [1.165, 1.54) is 0 Å². The quantitative estimate of drug-likeness (QED) is 0.818. The molecule has 7 heteroatoms. The van der Waals surface area contributed by atoms with Crippen LogP contribution in [0.2, 0.25) is 0 Å². The Kier molecular flexibility index (Phi) is 4.09. The summed E-state index contributed by atoms with van der Waals surface area (Å²) >= 11 is 2.86. The maximum atomic E-state index is 11.0. The predicted octanol–water partition coefficient (Wildman–Crippen LogP) is 1.01. The van der Waals surface area contributed by atoms with E-state index in [1.807, 2.05) is 6.92 Å². The summed E-state index contributed by atoms with van der Waals surface area (Å²) in [5.41, 5.74) is 0. The van der Waals surface area contributed by atoms with Crippen LogP contribution in [-0.2, 0) is 23.0 Å². The van der Waals surface area contributed by atoms with Crippen LogP contribution in [0.15, 0.2) is 10.6 Å². The molecule has 0 fully saturated rings. The van der Waals surface area contributed by atoms with Crippen LogP contribution in [0, 0.1) is 0 Å². The Bertz CT molecular complexity index is 387. The minimum Gasteiger partial charge on any atom is -0.444 e. The van der Waals surface area contributed by atoms with E-state index in [0.29, 0.717) is 5.89 Å². The molecule has 1 aromatic heterocycles. The van der Waals surface area contributed by atoms with Gasteiger partial charge in [-0.25, -0.2) is 18.1 Å². The predicted molar refractivity (Wildman–Crippen MR) is 55.4 cm³/mol. The standard InChI is InChI=1S/C7H11BrN2O3S/c1-2-6-3-9-7(13-6)4-10-14(11,12)5-8/h3,10H,2,4-5H2,1H3. The van der Waals surface area contributed by atoms with Gasteiger partial charge in [-0.3, -0.25) is 0 Å². The number of aromatic nitrogens is 1. The van der Waals surface area contributed by atoms with E-state index in [0.717, 1.165) is 12.2 Å². The summed E-state index contributed by atoms with van der Waals surface area (Å²) in [6.07, 6.45) is 2.34. The third-order valence-corrected chi connectivity index (χ3v) is 4.22. The number of nitrogens with one attached hydrogen (secondary N) is 1. The minimum atomic E-state index is -3.25. The second kappa shape index (κ2) is 4.90. The summed E-state index contributed by atoms with van der Waals surface area (Å²) in [4.78, 5) is 3.92. The van der Waals surface area contributed by atoms with Crippen LogP contribution in [0.4, 0.5) is 0 Å². The van der Waals surface area contributed by atoms with Gasteiger partial charge in [0.15, 0.2) is 0 Å². The number of rotatable bonds is 5. The molecule has 0 atom stereocenters. The van der Waals surface area contributed by atoms with E-state index in [1.54, 1.807) is 6.20 Å². The largest absolute Gasteiger partial charge is 0.444 e. The van der Waals surface area contributed by atoms with Crippen molar-refractivity contribution < 1.29 is 12.8 Å². The third-order valence-electron chi connectivity index (χ3n) is 1.54. The average Bonchev–Trinajstić information content (AvgIpc) is 2.63. The molecule has 0 bridgehead atoms. The van der Waals surface area contributed by atoms with Gasteiger partial charge in [-0.2, -0.15) is 0 Å². The lowest BCUT2D eigenvalue weighted by Gasteiger charge is -1.99. The topological polar surface area (TPSA) is 72.2 Å². The lowest BCUT2D eigenvalue weighted by molar-refractivity contribution is 0.452. The van der Waals surface area contributed by atoms with Gasteiger partial charge in [0.1, 0.15) is 10.4 Å². The number of alkyl halides is 1. The highest BCUT2D eigenvalue weighted by atomic mass is 79.9. The maximum absolute atomic E-state index is 11.0. The van der Waals surface area contributed by atoms with Gasteiger partial charge in [0.05, 0.1) is 12.7 Å². The molecule has 1 heterocycles. The molecule has 0 aliphatic rings. The smallest absolute Gasteiger partial charge is 0.222 e. The van der Waals surface area contributed by atoms with Gasteiger partial charge in [-0.1, -0.05) is 22.9 Å². The first kappa shape index (κ1) is 11.7. The Balaban J connectivity index is 2.54. The highest BCUT2D eigenvalue weighted by molar-refractivity contribution is 9.10. The van der Waals surface area contributed by atoms with Crippen molar-refractivity contribution in [1.29, 1.82) is 0 Å². The van der Waals surface area contributed by atoms with Crippen molar-refractivity contribution in [2.75, 3.05) is 4.66 Å². The van der Waals surface area contributed by atoms with Gasteiger partial charge in [-0.15, -0.1) is 0 Å². The first-order valence-electron chi connectivity index (χ1n) is 4.04. The number of sulfonamides is 1. The number of oxazole rings is 1. The van der Waals surface area contributed by atoms with E-state index in [-0.39, 0.29) is 11.2 Å². The molecule has 1 rings (SSSR count). The van der Waals surface area contributed by atoms with Crippen molar-refractivity contribution in [3.05, 3.63) is 17.8 Å². The van der Waals surface area contributed by atoms with Crippen molar-refractivity contribution in [2.24, 2.45) is 0 Å². The lowest BCUT2D eigenvalue weighted by atomic mass is 10.4. The Labute approximate surface area is 91.1 Å². The van der Waals surface area contributed by atoms with Crippen LogP contribution in [0.5, 0.6) is 0 Å². The van der Waals surface area contributed by atoms with Crippen molar-refractivity contribution in [3.63, 3.8) is 0 Å². The number of hydrogen-bond donors (Lipinski definition) is 1. The van der Waals surface area contributed by atoms with E-state index < -0.39 is 10.0 Å². The van der Waals surface area contributed by atoms with Crippen molar-refractivity contribution in [3.8, 4) is 0 Å². The van der Waals surface area contributed by atoms with Crippen LogP contribution in [0.3, 0.4) is 0 Å². The molecule has 0 spiro atoms. The molecule has 1 aromatic rings. The van der Waals surface area contributed by atoms with Crippen LogP contribution in [0.1, 0.15) is 18.6 Å². The van der Waals surface area contributed by atoms with E-state index in [4.69, 9.17) is 4.42 Å². The van der Waals surface area contributed by atoms with Crippen LogP contribution in [0.25, 0.3) is 0 Å². The average molecular weight is 283 g/mol. The summed E-state index contributed by atoms with van der Waals surface area (Å²) in [5, 5.41) is 0.